The molecule has 0 radical (unpaired) electrons. The molecule has 0 aliphatic heterocycles. The van der Waals surface area contributed by atoms with E-state index in [0.717, 1.165) is 17.9 Å². The molecule has 0 spiro atoms. The molecule has 0 saturated carbocycles. The van der Waals surface area contributed by atoms with E-state index >= 15 is 0 Å². The van der Waals surface area contributed by atoms with E-state index in [1.54, 1.807) is 0 Å². The van der Waals surface area contributed by atoms with Gasteiger partial charge in [0.1, 0.15) is 0 Å². The molecular formula is C17H16N2. The molecule has 3 aromatic rings. The Hall–Kier alpha value is -2.35. The van der Waals surface area contributed by atoms with Gasteiger partial charge < -0.3 is 5.32 Å². The summed E-state index contributed by atoms with van der Waals surface area (Å²) in [7, 11) is 0. The molecule has 1 aromatic heterocycles. The quantitative estimate of drug-likeness (QED) is 0.753. The maximum Gasteiger partial charge on any atom is 0.0603 e. The maximum atomic E-state index is 4.28. The smallest absolute Gasteiger partial charge is 0.0603 e. The lowest BCUT2D eigenvalue weighted by Crippen LogP contribution is -2.01. The van der Waals surface area contributed by atoms with Crippen LogP contribution in [-0.2, 0) is 6.54 Å². The van der Waals surface area contributed by atoms with Gasteiger partial charge in [-0.05, 0) is 41.5 Å². The second-order valence-corrected chi connectivity index (χ2v) is 4.67. The van der Waals surface area contributed by atoms with Gasteiger partial charge >= 0.3 is 0 Å². The lowest BCUT2D eigenvalue weighted by molar-refractivity contribution is 1.11. The number of benzene rings is 2. The van der Waals surface area contributed by atoms with Crippen molar-refractivity contribution in [3.63, 3.8) is 0 Å². The van der Waals surface area contributed by atoms with Crippen molar-refractivity contribution in [2.24, 2.45) is 0 Å². The Morgan fingerprint density at radius 3 is 2.63 bits per heavy atom. The summed E-state index contributed by atoms with van der Waals surface area (Å²) in [5.41, 5.74) is 3.40. The second kappa shape index (κ2) is 5.11. The SMILES string of the molecule is Cc1ncccc1NCc1ccc2ccccc2c1. The van der Waals surface area contributed by atoms with Crippen LogP contribution in [0.2, 0.25) is 0 Å². The fourth-order valence-corrected chi connectivity index (χ4v) is 2.22. The second-order valence-electron chi connectivity index (χ2n) is 4.67. The van der Waals surface area contributed by atoms with E-state index in [9.17, 15) is 0 Å². The van der Waals surface area contributed by atoms with Gasteiger partial charge in [-0.2, -0.15) is 0 Å². The van der Waals surface area contributed by atoms with Crippen LogP contribution in [0, 0.1) is 6.92 Å². The van der Waals surface area contributed by atoms with Gasteiger partial charge in [0.25, 0.3) is 0 Å². The number of hydrogen-bond donors (Lipinski definition) is 1. The van der Waals surface area contributed by atoms with E-state index in [2.05, 4.69) is 58.8 Å². The number of aryl methyl sites for hydroxylation is 1. The normalized spacial score (nSPS) is 10.6. The van der Waals surface area contributed by atoms with E-state index in [1.807, 2.05) is 19.2 Å². The Morgan fingerprint density at radius 1 is 0.947 bits per heavy atom. The van der Waals surface area contributed by atoms with Crippen molar-refractivity contribution < 1.29 is 0 Å². The molecule has 0 fully saturated rings. The monoisotopic (exact) mass is 248 g/mol. The predicted octanol–water partition coefficient (Wildman–Crippen LogP) is 4.16. The van der Waals surface area contributed by atoms with E-state index < -0.39 is 0 Å². The third kappa shape index (κ3) is 2.58. The van der Waals surface area contributed by atoms with Crippen molar-refractivity contribution in [3.8, 4) is 0 Å². The highest BCUT2D eigenvalue weighted by atomic mass is 14.9. The average Bonchev–Trinajstić information content (AvgIpc) is 2.46. The molecule has 0 unspecified atom stereocenters. The van der Waals surface area contributed by atoms with Gasteiger partial charge in [-0.3, -0.25) is 4.98 Å². The summed E-state index contributed by atoms with van der Waals surface area (Å²) in [6.45, 7) is 2.83. The Labute approximate surface area is 113 Å². The van der Waals surface area contributed by atoms with Crippen molar-refractivity contribution in [3.05, 3.63) is 72.1 Å². The maximum absolute atomic E-state index is 4.28. The van der Waals surface area contributed by atoms with E-state index in [0.29, 0.717) is 0 Å². The van der Waals surface area contributed by atoms with Crippen LogP contribution in [0.15, 0.2) is 60.8 Å². The molecule has 0 saturated heterocycles. The molecule has 0 aliphatic rings. The molecule has 0 amide bonds. The van der Waals surface area contributed by atoms with Crippen LogP contribution >= 0.6 is 0 Å². The Morgan fingerprint density at radius 2 is 1.79 bits per heavy atom. The third-order valence-electron chi connectivity index (χ3n) is 3.30. The fourth-order valence-electron chi connectivity index (χ4n) is 2.22. The van der Waals surface area contributed by atoms with E-state index in [-0.39, 0.29) is 0 Å². The predicted molar refractivity (Wildman–Crippen MR) is 80.2 cm³/mol. The Bertz CT molecular complexity index is 704. The highest BCUT2D eigenvalue weighted by molar-refractivity contribution is 5.83. The number of pyridine rings is 1. The van der Waals surface area contributed by atoms with Crippen molar-refractivity contribution in [2.75, 3.05) is 5.32 Å². The molecular weight excluding hydrogens is 232 g/mol. The number of anilines is 1. The van der Waals surface area contributed by atoms with Crippen LogP contribution < -0.4 is 5.32 Å². The van der Waals surface area contributed by atoms with Crippen LogP contribution in [0.1, 0.15) is 11.3 Å². The molecule has 0 aliphatic carbocycles. The Balaban J connectivity index is 1.80. The minimum atomic E-state index is 0.817. The molecule has 1 heterocycles. The van der Waals surface area contributed by atoms with Crippen molar-refractivity contribution in [2.45, 2.75) is 13.5 Å². The molecule has 2 heteroatoms. The summed E-state index contributed by atoms with van der Waals surface area (Å²) in [6.07, 6.45) is 1.82. The first-order chi connectivity index (χ1) is 9.33. The number of rotatable bonds is 3. The van der Waals surface area contributed by atoms with Gasteiger partial charge in [-0.15, -0.1) is 0 Å². The molecule has 1 N–H and O–H groups in total. The molecule has 0 atom stereocenters. The van der Waals surface area contributed by atoms with Crippen molar-refractivity contribution in [1.29, 1.82) is 0 Å². The van der Waals surface area contributed by atoms with Gasteiger partial charge in [-0.1, -0.05) is 36.4 Å². The standard InChI is InChI=1S/C17H16N2/c1-13-17(7-4-10-18-13)19-12-14-8-9-15-5-2-3-6-16(15)11-14/h2-11,19H,12H2,1H3. The average molecular weight is 248 g/mol. The van der Waals surface area contributed by atoms with Gasteiger partial charge in [0.05, 0.1) is 11.4 Å². The molecule has 94 valence electrons. The highest BCUT2D eigenvalue weighted by Gasteiger charge is 1.99. The highest BCUT2D eigenvalue weighted by Crippen LogP contribution is 2.17. The zero-order chi connectivity index (χ0) is 13.1. The van der Waals surface area contributed by atoms with Gasteiger partial charge in [0, 0.05) is 12.7 Å². The summed E-state index contributed by atoms with van der Waals surface area (Å²) < 4.78 is 0. The first kappa shape index (κ1) is 11.7. The zero-order valence-electron chi connectivity index (χ0n) is 10.9. The first-order valence-electron chi connectivity index (χ1n) is 6.46. The first-order valence-corrected chi connectivity index (χ1v) is 6.46. The molecule has 2 aromatic carbocycles. The molecule has 2 nitrogen and oxygen atoms in total. The van der Waals surface area contributed by atoms with Crippen molar-refractivity contribution in [1.82, 2.24) is 4.98 Å². The molecule has 19 heavy (non-hydrogen) atoms. The fraction of sp³-hybridized carbons (Fsp3) is 0.118. The van der Waals surface area contributed by atoms with Crippen LogP contribution in [-0.4, -0.2) is 4.98 Å². The number of hydrogen-bond acceptors (Lipinski definition) is 2. The minimum Gasteiger partial charge on any atom is -0.380 e. The number of nitrogens with one attached hydrogen (secondary N) is 1. The number of aromatic nitrogens is 1. The molecule has 3 rings (SSSR count). The lowest BCUT2D eigenvalue weighted by atomic mass is 10.1. The van der Waals surface area contributed by atoms with Gasteiger partial charge in [0.15, 0.2) is 0 Å². The summed E-state index contributed by atoms with van der Waals surface area (Å²) in [6, 6.07) is 19.0. The topological polar surface area (TPSA) is 24.9 Å². The van der Waals surface area contributed by atoms with Crippen LogP contribution in [0.4, 0.5) is 5.69 Å². The van der Waals surface area contributed by atoms with Crippen LogP contribution in [0.3, 0.4) is 0 Å². The summed E-state index contributed by atoms with van der Waals surface area (Å²) >= 11 is 0. The lowest BCUT2D eigenvalue weighted by Gasteiger charge is -2.09. The number of fused-ring (bicyclic) bond motifs is 1. The Kier molecular flexibility index (Phi) is 3.15. The van der Waals surface area contributed by atoms with Gasteiger partial charge in [0.2, 0.25) is 0 Å². The van der Waals surface area contributed by atoms with E-state index in [4.69, 9.17) is 0 Å². The number of nitrogens with zero attached hydrogens (tertiary/aromatic N) is 1. The van der Waals surface area contributed by atoms with E-state index in [1.165, 1.54) is 16.3 Å². The van der Waals surface area contributed by atoms with Crippen molar-refractivity contribution >= 4 is 16.5 Å². The van der Waals surface area contributed by atoms with Gasteiger partial charge in [-0.25, -0.2) is 0 Å². The summed E-state index contributed by atoms with van der Waals surface area (Å²) in [5.74, 6) is 0. The largest absolute Gasteiger partial charge is 0.380 e. The minimum absolute atomic E-state index is 0.817. The molecule has 0 bridgehead atoms. The van der Waals surface area contributed by atoms with Crippen LogP contribution in [0.5, 0.6) is 0 Å². The third-order valence-corrected chi connectivity index (χ3v) is 3.30. The van der Waals surface area contributed by atoms with Crippen LogP contribution in [0.25, 0.3) is 10.8 Å². The zero-order valence-corrected chi connectivity index (χ0v) is 10.9. The summed E-state index contributed by atoms with van der Waals surface area (Å²) in [4.78, 5) is 4.28. The summed E-state index contributed by atoms with van der Waals surface area (Å²) in [5, 5.41) is 5.99.